The molecule has 4 heteroatoms. The predicted octanol–water partition coefficient (Wildman–Crippen LogP) is 2.38. The minimum absolute atomic E-state index is 0.129. The van der Waals surface area contributed by atoms with Gasteiger partial charge in [-0.25, -0.2) is 0 Å². The van der Waals surface area contributed by atoms with Gasteiger partial charge in [0.15, 0.2) is 0 Å². The van der Waals surface area contributed by atoms with Gasteiger partial charge in [-0.1, -0.05) is 17.7 Å². The minimum Gasteiger partial charge on any atom is -0.372 e. The van der Waals surface area contributed by atoms with Crippen LogP contribution in [0.2, 0.25) is 0 Å². The van der Waals surface area contributed by atoms with Gasteiger partial charge < -0.3 is 14.5 Å². The quantitative estimate of drug-likeness (QED) is 0.841. The summed E-state index contributed by atoms with van der Waals surface area (Å²) in [6.07, 6.45) is 2.50. The molecule has 0 bridgehead atoms. The third-order valence-corrected chi connectivity index (χ3v) is 4.55. The Bertz CT molecular complexity index is 548. The summed E-state index contributed by atoms with van der Waals surface area (Å²) < 4.78 is 5.72. The predicted molar refractivity (Wildman–Crippen MR) is 88.3 cm³/mol. The highest BCUT2D eigenvalue weighted by Gasteiger charge is 2.28. The molecule has 2 atom stereocenters. The molecular formula is C18H26N2O2. The molecular weight excluding hydrogens is 276 g/mol. The second-order valence-electron chi connectivity index (χ2n) is 6.71. The fraction of sp³-hybridized carbons (Fsp3) is 0.611. The maximum atomic E-state index is 12.7. The van der Waals surface area contributed by atoms with E-state index in [0.29, 0.717) is 19.6 Å². The third-order valence-electron chi connectivity index (χ3n) is 4.55. The molecule has 120 valence electrons. The Balaban J connectivity index is 1.70. The van der Waals surface area contributed by atoms with Gasteiger partial charge in [-0.3, -0.25) is 4.79 Å². The second-order valence-corrected chi connectivity index (χ2v) is 6.71. The van der Waals surface area contributed by atoms with E-state index in [4.69, 9.17) is 4.74 Å². The summed E-state index contributed by atoms with van der Waals surface area (Å²) in [7, 11) is 0. The molecule has 1 amide bonds. The number of amides is 1. The molecule has 0 radical (unpaired) electrons. The van der Waals surface area contributed by atoms with Crippen molar-refractivity contribution in [2.24, 2.45) is 0 Å². The first kappa shape index (κ1) is 15.3. The number of carbonyl (C=O) groups excluding carboxylic acids is 1. The molecule has 1 saturated heterocycles. The number of carbonyl (C=O) groups is 1. The van der Waals surface area contributed by atoms with Gasteiger partial charge in [0.1, 0.15) is 0 Å². The molecule has 1 aromatic carbocycles. The first-order valence-electron chi connectivity index (χ1n) is 8.30. The molecule has 0 spiro atoms. The van der Waals surface area contributed by atoms with Crippen LogP contribution < -0.4 is 4.90 Å². The van der Waals surface area contributed by atoms with Crippen molar-refractivity contribution < 1.29 is 9.53 Å². The van der Waals surface area contributed by atoms with Gasteiger partial charge in [-0.05, 0) is 45.2 Å². The average molecular weight is 302 g/mol. The molecule has 1 fully saturated rings. The minimum atomic E-state index is 0.129. The van der Waals surface area contributed by atoms with Crippen molar-refractivity contribution in [1.82, 2.24) is 4.90 Å². The molecule has 22 heavy (non-hydrogen) atoms. The second kappa shape index (κ2) is 6.29. The Morgan fingerprint density at radius 3 is 2.73 bits per heavy atom. The number of benzene rings is 1. The van der Waals surface area contributed by atoms with E-state index in [1.54, 1.807) is 0 Å². The highest BCUT2D eigenvalue weighted by molar-refractivity contribution is 5.82. The summed E-state index contributed by atoms with van der Waals surface area (Å²) in [5.41, 5.74) is 3.91. The molecule has 0 aliphatic carbocycles. The number of hydrogen-bond donors (Lipinski definition) is 0. The van der Waals surface area contributed by atoms with Crippen molar-refractivity contribution in [1.29, 1.82) is 0 Å². The van der Waals surface area contributed by atoms with E-state index in [2.05, 4.69) is 30.0 Å². The van der Waals surface area contributed by atoms with E-state index in [1.807, 2.05) is 18.7 Å². The number of anilines is 1. The number of nitrogens with zero attached hydrogens (tertiary/aromatic N) is 2. The Morgan fingerprint density at radius 1 is 1.27 bits per heavy atom. The van der Waals surface area contributed by atoms with Crippen molar-refractivity contribution >= 4 is 11.6 Å². The summed E-state index contributed by atoms with van der Waals surface area (Å²) in [5, 5.41) is 0. The third kappa shape index (κ3) is 3.27. The van der Waals surface area contributed by atoms with Crippen LogP contribution >= 0.6 is 0 Å². The number of aryl methyl sites for hydroxylation is 2. The van der Waals surface area contributed by atoms with Gasteiger partial charge in [0.25, 0.3) is 0 Å². The van der Waals surface area contributed by atoms with Crippen LogP contribution in [0.25, 0.3) is 0 Å². The van der Waals surface area contributed by atoms with Gasteiger partial charge in [-0.15, -0.1) is 0 Å². The lowest BCUT2D eigenvalue weighted by molar-refractivity contribution is -0.141. The number of rotatable bonds is 2. The normalized spacial score (nSPS) is 25.0. The topological polar surface area (TPSA) is 32.8 Å². The lowest BCUT2D eigenvalue weighted by Gasteiger charge is -2.38. The number of morpholine rings is 1. The zero-order valence-corrected chi connectivity index (χ0v) is 13.8. The van der Waals surface area contributed by atoms with Gasteiger partial charge in [0, 0.05) is 25.3 Å². The number of ether oxygens (including phenoxy) is 1. The van der Waals surface area contributed by atoms with Crippen molar-refractivity contribution in [2.45, 2.75) is 45.8 Å². The first-order valence-corrected chi connectivity index (χ1v) is 8.30. The smallest absolute Gasteiger partial charge is 0.242 e. The summed E-state index contributed by atoms with van der Waals surface area (Å²) >= 11 is 0. The molecule has 0 aromatic heterocycles. The maximum absolute atomic E-state index is 12.7. The summed E-state index contributed by atoms with van der Waals surface area (Å²) in [6.45, 7) is 9.06. The first-order chi connectivity index (χ1) is 10.5. The van der Waals surface area contributed by atoms with Gasteiger partial charge >= 0.3 is 0 Å². The molecule has 2 aliphatic heterocycles. The van der Waals surface area contributed by atoms with E-state index in [-0.39, 0.29) is 18.1 Å². The lowest BCUT2D eigenvalue weighted by Crippen LogP contribution is -2.51. The van der Waals surface area contributed by atoms with Crippen LogP contribution in [0.3, 0.4) is 0 Å². The summed E-state index contributed by atoms with van der Waals surface area (Å²) in [6, 6.07) is 6.56. The van der Waals surface area contributed by atoms with E-state index >= 15 is 0 Å². The SMILES string of the molecule is Cc1ccc2c(c1)CCCN2CC(=O)N1CC(C)OC(C)C1. The summed E-state index contributed by atoms with van der Waals surface area (Å²) in [4.78, 5) is 16.9. The molecule has 1 aromatic rings. The van der Waals surface area contributed by atoms with E-state index in [0.717, 1.165) is 19.4 Å². The van der Waals surface area contributed by atoms with E-state index in [1.165, 1.54) is 16.8 Å². The van der Waals surface area contributed by atoms with Crippen molar-refractivity contribution in [2.75, 3.05) is 31.1 Å². The molecule has 0 saturated carbocycles. The highest BCUT2D eigenvalue weighted by Crippen LogP contribution is 2.28. The van der Waals surface area contributed by atoms with Crippen LogP contribution in [-0.4, -0.2) is 49.2 Å². The molecule has 4 nitrogen and oxygen atoms in total. The van der Waals surface area contributed by atoms with E-state index < -0.39 is 0 Å². The molecule has 2 aliphatic rings. The zero-order valence-electron chi connectivity index (χ0n) is 13.8. The van der Waals surface area contributed by atoms with E-state index in [9.17, 15) is 4.79 Å². The van der Waals surface area contributed by atoms with Gasteiger partial charge in [0.05, 0.1) is 18.8 Å². The Morgan fingerprint density at radius 2 is 2.00 bits per heavy atom. The van der Waals surface area contributed by atoms with Crippen LogP contribution in [0, 0.1) is 6.92 Å². The zero-order chi connectivity index (χ0) is 15.7. The molecule has 2 heterocycles. The standard InChI is InChI=1S/C18H26N2O2/c1-13-6-7-17-16(9-13)5-4-8-19(17)12-18(21)20-10-14(2)22-15(3)11-20/h6-7,9,14-15H,4-5,8,10-12H2,1-3H3. The fourth-order valence-electron chi connectivity index (χ4n) is 3.61. The van der Waals surface area contributed by atoms with Crippen molar-refractivity contribution in [3.8, 4) is 0 Å². The highest BCUT2D eigenvalue weighted by atomic mass is 16.5. The fourth-order valence-corrected chi connectivity index (χ4v) is 3.61. The van der Waals surface area contributed by atoms with Crippen molar-refractivity contribution in [3.05, 3.63) is 29.3 Å². The Kier molecular flexibility index (Phi) is 4.39. The summed E-state index contributed by atoms with van der Waals surface area (Å²) in [5.74, 6) is 0.218. The van der Waals surface area contributed by atoms with Crippen LogP contribution in [0.4, 0.5) is 5.69 Å². The number of fused-ring (bicyclic) bond motifs is 1. The Labute approximate surface area is 133 Å². The largest absolute Gasteiger partial charge is 0.372 e. The van der Waals surface area contributed by atoms with Gasteiger partial charge in [-0.2, -0.15) is 0 Å². The van der Waals surface area contributed by atoms with Crippen LogP contribution in [0.15, 0.2) is 18.2 Å². The average Bonchev–Trinajstić information content (AvgIpc) is 2.46. The Hall–Kier alpha value is -1.55. The number of hydrogen-bond acceptors (Lipinski definition) is 3. The van der Waals surface area contributed by atoms with Crippen LogP contribution in [0.5, 0.6) is 0 Å². The molecule has 2 unspecified atom stereocenters. The van der Waals surface area contributed by atoms with Gasteiger partial charge in [0.2, 0.25) is 5.91 Å². The van der Waals surface area contributed by atoms with Crippen LogP contribution in [-0.2, 0) is 16.0 Å². The van der Waals surface area contributed by atoms with Crippen LogP contribution in [0.1, 0.15) is 31.4 Å². The lowest BCUT2D eigenvalue weighted by atomic mass is 9.99. The maximum Gasteiger partial charge on any atom is 0.242 e. The molecule has 0 N–H and O–H groups in total. The monoisotopic (exact) mass is 302 g/mol. The van der Waals surface area contributed by atoms with Crippen molar-refractivity contribution in [3.63, 3.8) is 0 Å². The molecule has 3 rings (SSSR count).